The molecule has 0 saturated carbocycles. The van der Waals surface area contributed by atoms with E-state index in [1.165, 1.54) is 0 Å². The average Bonchev–Trinajstić information content (AvgIpc) is 2.27. The zero-order valence-corrected chi connectivity index (χ0v) is 9.90. The number of carbonyl (C=O) groups is 1. The highest BCUT2D eigenvalue weighted by Crippen LogP contribution is 2.23. The molecule has 0 fully saturated rings. The van der Waals surface area contributed by atoms with Gasteiger partial charge >= 0.3 is 5.97 Å². The molecule has 0 heterocycles. The van der Waals surface area contributed by atoms with E-state index in [-0.39, 0.29) is 5.97 Å². The van der Waals surface area contributed by atoms with Crippen molar-refractivity contribution in [3.63, 3.8) is 0 Å². The van der Waals surface area contributed by atoms with Crippen LogP contribution < -0.4 is 0 Å². The number of benzene rings is 1. The molecule has 0 amide bonds. The summed E-state index contributed by atoms with van der Waals surface area (Å²) < 4.78 is 5.26. The van der Waals surface area contributed by atoms with E-state index in [2.05, 4.69) is 6.58 Å². The minimum absolute atomic E-state index is 0.184. The molecule has 0 aliphatic heterocycles. The first-order chi connectivity index (χ1) is 7.56. The van der Waals surface area contributed by atoms with Gasteiger partial charge in [-0.1, -0.05) is 36.4 Å². The van der Waals surface area contributed by atoms with Crippen molar-refractivity contribution < 1.29 is 9.53 Å². The number of hydrogen-bond acceptors (Lipinski definition) is 2. The monoisotopic (exact) mass is 218 g/mol. The van der Waals surface area contributed by atoms with Crippen LogP contribution in [0.15, 0.2) is 43.0 Å². The molecule has 0 aliphatic rings. The highest BCUT2D eigenvalue weighted by molar-refractivity contribution is 5.76. The lowest BCUT2D eigenvalue weighted by Crippen LogP contribution is -2.25. The fourth-order valence-electron chi connectivity index (χ4n) is 1.36. The Labute approximate surface area is 96.9 Å². The molecule has 0 bridgehead atoms. The van der Waals surface area contributed by atoms with Crippen LogP contribution in [0.25, 0.3) is 0 Å². The third-order valence-electron chi connectivity index (χ3n) is 2.42. The van der Waals surface area contributed by atoms with Gasteiger partial charge in [-0.3, -0.25) is 4.79 Å². The minimum Gasteiger partial charge on any atom is -0.460 e. The van der Waals surface area contributed by atoms with Crippen LogP contribution >= 0.6 is 0 Å². The van der Waals surface area contributed by atoms with Crippen LogP contribution in [0.1, 0.15) is 25.8 Å². The fourth-order valence-corrected chi connectivity index (χ4v) is 1.36. The summed E-state index contributed by atoms with van der Waals surface area (Å²) in [6, 6.07) is 9.67. The summed E-state index contributed by atoms with van der Waals surface area (Å²) in [6.07, 6.45) is 2.37. The average molecular weight is 218 g/mol. The molecule has 2 nitrogen and oxygen atoms in total. The summed E-state index contributed by atoms with van der Waals surface area (Å²) in [6.45, 7) is 7.70. The second-order valence-electron chi connectivity index (χ2n) is 4.44. The number of rotatable bonds is 5. The third kappa shape index (κ3) is 3.54. The van der Waals surface area contributed by atoms with E-state index in [9.17, 15) is 4.79 Å². The third-order valence-corrected chi connectivity index (χ3v) is 2.42. The molecular weight excluding hydrogens is 200 g/mol. The maximum atomic E-state index is 11.8. The molecule has 1 aromatic carbocycles. The van der Waals surface area contributed by atoms with Crippen LogP contribution in [0.2, 0.25) is 0 Å². The molecule has 86 valence electrons. The van der Waals surface area contributed by atoms with Crippen LogP contribution in [0, 0.1) is 5.41 Å². The summed E-state index contributed by atoms with van der Waals surface area (Å²) in [7, 11) is 0. The normalized spacial score (nSPS) is 10.9. The van der Waals surface area contributed by atoms with Gasteiger partial charge < -0.3 is 4.74 Å². The first kappa shape index (κ1) is 12.5. The first-order valence-corrected chi connectivity index (χ1v) is 5.38. The maximum Gasteiger partial charge on any atom is 0.312 e. The minimum atomic E-state index is -0.490. The Morgan fingerprint density at radius 3 is 2.56 bits per heavy atom. The van der Waals surface area contributed by atoms with E-state index in [4.69, 9.17) is 4.74 Å². The Bertz CT molecular complexity index is 352. The van der Waals surface area contributed by atoms with Crippen molar-refractivity contribution in [3.8, 4) is 0 Å². The van der Waals surface area contributed by atoms with Gasteiger partial charge in [0, 0.05) is 0 Å². The van der Waals surface area contributed by atoms with Gasteiger partial charge in [0.15, 0.2) is 0 Å². The number of esters is 1. The van der Waals surface area contributed by atoms with Gasteiger partial charge in [-0.2, -0.15) is 0 Å². The maximum absolute atomic E-state index is 11.8. The number of hydrogen-bond donors (Lipinski definition) is 0. The molecular formula is C14H18O2. The molecule has 0 atom stereocenters. The smallest absolute Gasteiger partial charge is 0.312 e. The summed E-state index contributed by atoms with van der Waals surface area (Å²) in [5.74, 6) is -0.184. The number of ether oxygens (including phenoxy) is 1. The van der Waals surface area contributed by atoms with Crippen molar-refractivity contribution in [1.82, 2.24) is 0 Å². The highest BCUT2D eigenvalue weighted by Gasteiger charge is 2.27. The molecule has 16 heavy (non-hydrogen) atoms. The number of carbonyl (C=O) groups excluding carboxylic acids is 1. The lowest BCUT2D eigenvalue weighted by atomic mass is 9.90. The van der Waals surface area contributed by atoms with Crippen molar-refractivity contribution >= 4 is 5.97 Å². The van der Waals surface area contributed by atoms with Crippen molar-refractivity contribution in [1.29, 1.82) is 0 Å². The molecule has 1 aromatic rings. The molecule has 2 heteroatoms. The van der Waals surface area contributed by atoms with E-state index in [0.717, 1.165) is 5.56 Å². The van der Waals surface area contributed by atoms with E-state index < -0.39 is 5.41 Å². The summed E-state index contributed by atoms with van der Waals surface area (Å²) >= 11 is 0. The van der Waals surface area contributed by atoms with Crippen LogP contribution in [0.3, 0.4) is 0 Å². The molecule has 0 aromatic heterocycles. The van der Waals surface area contributed by atoms with E-state index in [1.54, 1.807) is 6.08 Å². The van der Waals surface area contributed by atoms with Gasteiger partial charge in [-0.15, -0.1) is 6.58 Å². The van der Waals surface area contributed by atoms with E-state index in [1.807, 2.05) is 44.2 Å². The Morgan fingerprint density at radius 2 is 2.00 bits per heavy atom. The van der Waals surface area contributed by atoms with Crippen LogP contribution in [0.5, 0.6) is 0 Å². The van der Waals surface area contributed by atoms with Gasteiger partial charge in [-0.25, -0.2) is 0 Å². The van der Waals surface area contributed by atoms with Gasteiger partial charge in [0.25, 0.3) is 0 Å². The lowest BCUT2D eigenvalue weighted by molar-refractivity contribution is -0.155. The highest BCUT2D eigenvalue weighted by atomic mass is 16.5. The van der Waals surface area contributed by atoms with Gasteiger partial charge in [-0.05, 0) is 25.8 Å². The number of allylic oxidation sites excluding steroid dienone is 1. The summed E-state index contributed by atoms with van der Waals surface area (Å²) in [4.78, 5) is 11.8. The van der Waals surface area contributed by atoms with Gasteiger partial charge in [0.1, 0.15) is 6.61 Å². The molecule has 0 saturated heterocycles. The molecule has 0 aliphatic carbocycles. The molecule has 0 spiro atoms. The Morgan fingerprint density at radius 1 is 1.38 bits per heavy atom. The predicted octanol–water partition coefficient (Wildman–Crippen LogP) is 3.33. The fraction of sp³-hybridized carbons (Fsp3) is 0.357. The first-order valence-electron chi connectivity index (χ1n) is 5.38. The van der Waals surface area contributed by atoms with Crippen molar-refractivity contribution in [2.45, 2.75) is 26.9 Å². The van der Waals surface area contributed by atoms with Crippen LogP contribution in [-0.2, 0) is 16.1 Å². The van der Waals surface area contributed by atoms with Crippen LogP contribution in [-0.4, -0.2) is 5.97 Å². The zero-order valence-electron chi connectivity index (χ0n) is 9.90. The molecule has 0 unspecified atom stereocenters. The van der Waals surface area contributed by atoms with E-state index >= 15 is 0 Å². The zero-order chi connectivity index (χ0) is 12.0. The van der Waals surface area contributed by atoms with Gasteiger partial charge in [0.2, 0.25) is 0 Å². The summed E-state index contributed by atoms with van der Waals surface area (Å²) in [5.41, 5.74) is 0.515. The largest absolute Gasteiger partial charge is 0.460 e. The van der Waals surface area contributed by atoms with Crippen LogP contribution in [0.4, 0.5) is 0 Å². The predicted molar refractivity (Wildman–Crippen MR) is 64.8 cm³/mol. The SMILES string of the molecule is C=CCC(C)(C)C(=O)OCc1ccccc1. The van der Waals surface area contributed by atoms with Crippen molar-refractivity contribution in [2.75, 3.05) is 0 Å². The summed E-state index contributed by atoms with van der Waals surface area (Å²) in [5, 5.41) is 0. The molecule has 0 N–H and O–H groups in total. The van der Waals surface area contributed by atoms with Crippen molar-refractivity contribution in [3.05, 3.63) is 48.6 Å². The molecule has 0 radical (unpaired) electrons. The second-order valence-corrected chi connectivity index (χ2v) is 4.44. The lowest BCUT2D eigenvalue weighted by Gasteiger charge is -2.20. The topological polar surface area (TPSA) is 26.3 Å². The Hall–Kier alpha value is -1.57. The van der Waals surface area contributed by atoms with E-state index in [0.29, 0.717) is 13.0 Å². The Balaban J connectivity index is 2.50. The second kappa shape index (κ2) is 5.50. The molecule has 1 rings (SSSR count). The Kier molecular flexibility index (Phi) is 4.29. The standard InChI is InChI=1S/C14H18O2/c1-4-10-14(2,3)13(15)16-11-12-8-6-5-7-9-12/h4-9H,1,10-11H2,2-3H3. The quantitative estimate of drug-likeness (QED) is 0.559. The van der Waals surface area contributed by atoms with Crippen molar-refractivity contribution in [2.24, 2.45) is 5.41 Å². The van der Waals surface area contributed by atoms with Gasteiger partial charge in [0.05, 0.1) is 5.41 Å².